The Morgan fingerprint density at radius 3 is 2.11 bits per heavy atom. The number of methoxy groups -OCH3 is 1. The molecule has 0 saturated carbocycles. The summed E-state index contributed by atoms with van der Waals surface area (Å²) in [7, 11) is 1.49. The van der Waals surface area contributed by atoms with E-state index in [1.807, 2.05) is 66.6 Å². The van der Waals surface area contributed by atoms with Crippen LogP contribution >= 0.6 is 0 Å². The summed E-state index contributed by atoms with van der Waals surface area (Å²) in [6.07, 6.45) is 0. The molecule has 3 heteroatoms. The van der Waals surface area contributed by atoms with Gasteiger partial charge in [0.2, 0.25) is 5.90 Å². The molecule has 94 valence electrons. The number of aliphatic imine (C=N–C) groups is 1. The van der Waals surface area contributed by atoms with E-state index in [1.54, 1.807) is 0 Å². The second-order valence-electron chi connectivity index (χ2n) is 3.80. The van der Waals surface area contributed by atoms with E-state index in [-0.39, 0.29) is 5.90 Å². The lowest BCUT2D eigenvalue weighted by molar-refractivity contribution is 0.409. The highest BCUT2D eigenvalue weighted by Gasteiger charge is 2.11. The molecule has 2 aromatic rings. The molecule has 0 radical (unpaired) electrons. The van der Waals surface area contributed by atoms with Crippen LogP contribution in [0, 0.1) is 0 Å². The first kappa shape index (κ1) is 12.8. The number of nitrogens with zero attached hydrogens (tertiary/aromatic N) is 1. The van der Waals surface area contributed by atoms with Gasteiger partial charge < -0.3 is 4.74 Å². The summed E-state index contributed by atoms with van der Waals surface area (Å²) in [5, 5.41) is 0. The van der Waals surface area contributed by atoms with E-state index in [9.17, 15) is 4.79 Å². The Labute approximate surface area is 111 Å². The lowest BCUT2D eigenvalue weighted by Gasteiger charge is -2.06. The number of hydrogen-bond acceptors (Lipinski definition) is 3. The fraction of sp³-hybridized carbons (Fsp3) is 0.0625. The zero-order chi connectivity index (χ0) is 13.5. The van der Waals surface area contributed by atoms with Gasteiger partial charge in [0.1, 0.15) is 11.5 Å². The minimum atomic E-state index is 0.257. The third-order valence-corrected chi connectivity index (χ3v) is 2.56. The maximum absolute atomic E-state index is 11.2. The number of rotatable bonds is 3. The van der Waals surface area contributed by atoms with Crippen molar-refractivity contribution < 1.29 is 9.53 Å². The molecule has 0 N–H and O–H groups in total. The number of ether oxygens (including phenoxy) is 1. The van der Waals surface area contributed by atoms with Gasteiger partial charge in [-0.05, 0) is 17.7 Å². The van der Waals surface area contributed by atoms with Crippen LogP contribution in [0.4, 0.5) is 5.69 Å². The Bertz CT molecular complexity index is 612. The molecule has 3 nitrogen and oxygen atoms in total. The summed E-state index contributed by atoms with van der Waals surface area (Å²) >= 11 is 0. The van der Waals surface area contributed by atoms with E-state index in [1.165, 1.54) is 7.11 Å². The molecule has 0 aliphatic rings. The van der Waals surface area contributed by atoms with Crippen molar-refractivity contribution in [3.05, 3.63) is 66.2 Å². The number of benzene rings is 2. The summed E-state index contributed by atoms with van der Waals surface area (Å²) in [4.78, 5) is 15.5. The molecule has 2 rings (SSSR count). The molecule has 0 saturated heterocycles. The van der Waals surface area contributed by atoms with Gasteiger partial charge >= 0.3 is 0 Å². The number of hydrogen-bond donors (Lipinski definition) is 0. The van der Waals surface area contributed by atoms with E-state index in [4.69, 9.17) is 4.74 Å². The van der Waals surface area contributed by atoms with Crippen LogP contribution in [-0.4, -0.2) is 18.9 Å². The molecule has 0 atom stereocenters. The largest absolute Gasteiger partial charge is 0.480 e. The molecule has 0 aliphatic carbocycles. The zero-order valence-electron chi connectivity index (χ0n) is 10.5. The molecule has 0 spiro atoms. The minimum Gasteiger partial charge on any atom is -0.480 e. The topological polar surface area (TPSA) is 38.7 Å². The second kappa shape index (κ2) is 6.34. The maximum atomic E-state index is 11.2. The van der Waals surface area contributed by atoms with E-state index < -0.39 is 0 Å². The SMILES string of the molecule is COC(=Nc1ccccc1)C(=C=O)c1ccccc1. The average Bonchev–Trinajstić information content (AvgIpc) is 2.49. The van der Waals surface area contributed by atoms with Gasteiger partial charge in [-0.25, -0.2) is 9.79 Å². The quantitative estimate of drug-likeness (QED) is 0.477. The molecule has 0 aliphatic heterocycles. The smallest absolute Gasteiger partial charge is 0.233 e. The number of para-hydroxylation sites is 1. The third kappa shape index (κ3) is 3.18. The van der Waals surface area contributed by atoms with E-state index >= 15 is 0 Å². The van der Waals surface area contributed by atoms with Crippen LogP contribution in [0.3, 0.4) is 0 Å². The predicted molar refractivity (Wildman–Crippen MR) is 76.1 cm³/mol. The molecule has 0 amide bonds. The summed E-state index contributed by atoms with van der Waals surface area (Å²) in [6, 6.07) is 18.5. The van der Waals surface area contributed by atoms with Crippen molar-refractivity contribution in [1.29, 1.82) is 0 Å². The van der Waals surface area contributed by atoms with Crippen LogP contribution in [0.5, 0.6) is 0 Å². The highest BCUT2D eigenvalue weighted by molar-refractivity contribution is 6.28. The van der Waals surface area contributed by atoms with Crippen LogP contribution in [0.2, 0.25) is 0 Å². The van der Waals surface area contributed by atoms with Crippen molar-refractivity contribution in [2.45, 2.75) is 0 Å². The highest BCUT2D eigenvalue weighted by Crippen LogP contribution is 2.18. The first-order chi connectivity index (χ1) is 9.35. The summed E-state index contributed by atoms with van der Waals surface area (Å²) in [5.41, 5.74) is 1.77. The molecule has 0 bridgehead atoms. The summed E-state index contributed by atoms with van der Waals surface area (Å²) in [5.74, 6) is 2.16. The standard InChI is InChI=1S/C16H13NO2/c1-19-16(17-14-10-6-3-7-11-14)15(12-18)13-8-4-2-5-9-13/h2-11H,1H3. The Kier molecular flexibility index (Phi) is 4.27. The van der Waals surface area contributed by atoms with E-state index in [0.717, 1.165) is 11.3 Å². The fourth-order valence-electron chi connectivity index (χ4n) is 1.65. The fourth-order valence-corrected chi connectivity index (χ4v) is 1.65. The summed E-state index contributed by atoms with van der Waals surface area (Å²) in [6.45, 7) is 0. The predicted octanol–water partition coefficient (Wildman–Crippen LogP) is 3.28. The van der Waals surface area contributed by atoms with Crippen LogP contribution in [0.1, 0.15) is 5.56 Å². The van der Waals surface area contributed by atoms with Gasteiger partial charge in [0.05, 0.1) is 12.8 Å². The highest BCUT2D eigenvalue weighted by atomic mass is 16.5. The van der Waals surface area contributed by atoms with Gasteiger partial charge in [0.25, 0.3) is 0 Å². The van der Waals surface area contributed by atoms with Crippen molar-refractivity contribution in [3.8, 4) is 0 Å². The first-order valence-electron chi connectivity index (χ1n) is 5.84. The second-order valence-corrected chi connectivity index (χ2v) is 3.80. The first-order valence-corrected chi connectivity index (χ1v) is 5.84. The van der Waals surface area contributed by atoms with Crippen LogP contribution < -0.4 is 0 Å². The Balaban J connectivity index is 2.42. The molecule has 2 aromatic carbocycles. The van der Waals surface area contributed by atoms with Gasteiger partial charge in [0, 0.05) is 0 Å². The van der Waals surface area contributed by atoms with Crippen LogP contribution in [0.25, 0.3) is 5.57 Å². The number of carbonyl (C=O) groups excluding carboxylic acids is 1. The van der Waals surface area contributed by atoms with Crippen molar-refractivity contribution in [1.82, 2.24) is 0 Å². The maximum Gasteiger partial charge on any atom is 0.233 e. The van der Waals surface area contributed by atoms with Gasteiger partial charge in [0.15, 0.2) is 0 Å². The molecule has 0 aromatic heterocycles. The normalized spacial score (nSPS) is 10.7. The third-order valence-electron chi connectivity index (χ3n) is 2.56. The van der Waals surface area contributed by atoms with Crippen molar-refractivity contribution in [2.75, 3.05) is 7.11 Å². The lowest BCUT2D eigenvalue weighted by Crippen LogP contribution is -2.05. The Morgan fingerprint density at radius 1 is 1.00 bits per heavy atom. The van der Waals surface area contributed by atoms with E-state index in [0.29, 0.717) is 5.57 Å². The van der Waals surface area contributed by atoms with Crippen LogP contribution in [-0.2, 0) is 9.53 Å². The van der Waals surface area contributed by atoms with Gasteiger partial charge in [-0.1, -0.05) is 48.5 Å². The van der Waals surface area contributed by atoms with Gasteiger partial charge in [-0.3, -0.25) is 0 Å². The van der Waals surface area contributed by atoms with Crippen molar-refractivity contribution in [3.63, 3.8) is 0 Å². The molecular weight excluding hydrogens is 238 g/mol. The molecular formula is C16H13NO2. The van der Waals surface area contributed by atoms with Gasteiger partial charge in [-0.2, -0.15) is 0 Å². The minimum absolute atomic E-state index is 0.257. The zero-order valence-corrected chi connectivity index (χ0v) is 10.5. The van der Waals surface area contributed by atoms with Gasteiger partial charge in [-0.15, -0.1) is 0 Å². The Hall–Kier alpha value is -2.64. The lowest BCUT2D eigenvalue weighted by atomic mass is 10.1. The van der Waals surface area contributed by atoms with Crippen molar-refractivity contribution >= 4 is 23.1 Å². The summed E-state index contributed by atoms with van der Waals surface area (Å²) < 4.78 is 5.21. The Morgan fingerprint density at radius 2 is 1.58 bits per heavy atom. The molecule has 0 unspecified atom stereocenters. The van der Waals surface area contributed by atoms with Crippen molar-refractivity contribution in [2.24, 2.45) is 4.99 Å². The van der Waals surface area contributed by atoms with E-state index in [2.05, 4.69) is 4.99 Å². The van der Waals surface area contributed by atoms with Crippen LogP contribution in [0.15, 0.2) is 65.7 Å². The average molecular weight is 251 g/mol. The molecule has 19 heavy (non-hydrogen) atoms. The molecule has 0 heterocycles. The molecule has 0 fully saturated rings. The monoisotopic (exact) mass is 251 g/mol.